The highest BCUT2D eigenvalue weighted by Crippen LogP contribution is 2.45. The Morgan fingerprint density at radius 1 is 0.962 bits per heavy atom. The first-order valence-electron chi connectivity index (χ1n) is 9.16. The van der Waals surface area contributed by atoms with Gasteiger partial charge in [-0.3, -0.25) is 0 Å². The van der Waals surface area contributed by atoms with Gasteiger partial charge in [-0.1, -0.05) is 42.1 Å². The molecule has 0 atom stereocenters. The lowest BCUT2D eigenvalue weighted by Crippen LogP contribution is -2.36. The number of fused-ring (bicyclic) bond motifs is 2. The fourth-order valence-corrected chi connectivity index (χ4v) is 4.65. The predicted octanol–water partition coefficient (Wildman–Crippen LogP) is 5.63. The lowest BCUT2D eigenvalue weighted by molar-refractivity contribution is -0.669. The molecule has 0 fully saturated rings. The molecule has 0 unspecified atom stereocenters. The molecule has 0 N–H and O–H groups in total. The Balaban J connectivity index is 1.65. The monoisotopic (exact) mass is 359 g/mol. The van der Waals surface area contributed by atoms with Gasteiger partial charge in [-0.15, -0.1) is 0 Å². The van der Waals surface area contributed by atoms with Crippen molar-refractivity contribution < 1.29 is 4.57 Å². The summed E-state index contributed by atoms with van der Waals surface area (Å²) in [6.07, 6.45) is 6.61. The van der Waals surface area contributed by atoms with Crippen LogP contribution in [0.25, 0.3) is 17.0 Å². The number of hydrogen-bond acceptors (Lipinski definition) is 2. The Labute approximate surface area is 159 Å². The van der Waals surface area contributed by atoms with E-state index in [2.05, 4.69) is 102 Å². The maximum atomic E-state index is 2.37. The maximum absolute atomic E-state index is 2.37. The zero-order valence-corrected chi connectivity index (χ0v) is 16.0. The van der Waals surface area contributed by atoms with Gasteiger partial charge in [0.15, 0.2) is 0 Å². The van der Waals surface area contributed by atoms with Gasteiger partial charge in [0.05, 0.1) is 10.7 Å². The molecule has 1 aliphatic heterocycles. The lowest BCUT2D eigenvalue weighted by Gasteiger charge is -2.17. The Morgan fingerprint density at radius 2 is 1.77 bits per heavy atom. The molecule has 2 heterocycles. The van der Waals surface area contributed by atoms with Gasteiger partial charge in [-0.25, -0.2) is 0 Å². The summed E-state index contributed by atoms with van der Waals surface area (Å²) in [5.41, 5.74) is 3.82. The van der Waals surface area contributed by atoms with E-state index in [1.807, 2.05) is 11.8 Å². The van der Waals surface area contributed by atoms with Crippen LogP contribution in [0.15, 0.2) is 82.7 Å². The Bertz CT molecular complexity index is 1000. The average molecular weight is 360 g/mol. The van der Waals surface area contributed by atoms with E-state index in [4.69, 9.17) is 0 Å². The van der Waals surface area contributed by atoms with E-state index in [-0.39, 0.29) is 0 Å². The van der Waals surface area contributed by atoms with Crippen molar-refractivity contribution in [3.8, 4) is 0 Å². The van der Waals surface area contributed by atoms with Gasteiger partial charge in [0.1, 0.15) is 6.54 Å². The summed E-state index contributed by atoms with van der Waals surface area (Å²) >= 11 is 1.85. The number of aryl methyl sites for hydroxylation is 1. The third-order valence-corrected chi connectivity index (χ3v) is 5.88. The number of nitrogens with zero attached hydrogens (tertiary/aromatic N) is 2. The molecule has 130 valence electrons. The van der Waals surface area contributed by atoms with Crippen LogP contribution in [0.4, 0.5) is 5.69 Å². The van der Waals surface area contributed by atoms with E-state index in [9.17, 15) is 0 Å². The topological polar surface area (TPSA) is 7.12 Å². The minimum atomic E-state index is 0.957. The molecule has 1 aromatic heterocycles. The molecule has 3 aromatic rings. The van der Waals surface area contributed by atoms with Crippen LogP contribution >= 0.6 is 11.8 Å². The zero-order valence-electron chi connectivity index (χ0n) is 15.2. The molecule has 26 heavy (non-hydrogen) atoms. The van der Waals surface area contributed by atoms with Crippen LogP contribution in [0.2, 0.25) is 0 Å². The summed E-state index contributed by atoms with van der Waals surface area (Å²) in [7, 11) is 0. The fourth-order valence-electron chi connectivity index (χ4n) is 3.51. The Hall–Kier alpha value is -2.52. The first-order valence-corrected chi connectivity index (χ1v) is 9.98. The highest BCUT2D eigenvalue weighted by molar-refractivity contribution is 8.03. The standard InChI is InChI=1S/C23H23N2S/c1-3-24-19(17-16-18-10-5-6-12-20(18)24)11-9-15-23-25(4-2)21-13-7-8-14-22(21)26-23/h5-17H,3-4H2,1-2H3/q+1. The smallest absolute Gasteiger partial charge is 0.212 e. The largest absolute Gasteiger partial charge is 0.335 e. The van der Waals surface area contributed by atoms with Crippen molar-refractivity contribution in [2.24, 2.45) is 0 Å². The fraction of sp³-hybridized carbons (Fsp3) is 0.174. The number of hydrogen-bond donors (Lipinski definition) is 0. The average Bonchev–Trinajstić information content (AvgIpc) is 3.05. The van der Waals surface area contributed by atoms with Crippen LogP contribution in [0, 0.1) is 0 Å². The van der Waals surface area contributed by atoms with Gasteiger partial charge in [-0.05, 0) is 44.2 Å². The van der Waals surface area contributed by atoms with E-state index in [0.29, 0.717) is 0 Å². The molecule has 1 aliphatic rings. The minimum Gasteiger partial charge on any atom is -0.335 e. The van der Waals surface area contributed by atoms with Crippen molar-refractivity contribution in [1.29, 1.82) is 0 Å². The number of benzene rings is 2. The molecule has 0 radical (unpaired) electrons. The molecule has 3 heteroatoms. The van der Waals surface area contributed by atoms with Gasteiger partial charge in [0.25, 0.3) is 0 Å². The number of rotatable bonds is 4. The van der Waals surface area contributed by atoms with Gasteiger partial charge in [0, 0.05) is 35.0 Å². The second-order valence-corrected chi connectivity index (χ2v) is 7.30. The van der Waals surface area contributed by atoms with E-state index in [1.165, 1.54) is 32.2 Å². The third-order valence-electron chi connectivity index (χ3n) is 4.75. The number of anilines is 1. The molecule has 2 aromatic carbocycles. The third kappa shape index (κ3) is 3.04. The summed E-state index contributed by atoms with van der Waals surface area (Å²) in [5, 5.41) is 2.57. The molecule has 0 bridgehead atoms. The first-order chi connectivity index (χ1) is 12.8. The minimum absolute atomic E-state index is 0.957. The normalized spacial score (nSPS) is 15.3. The highest BCUT2D eigenvalue weighted by atomic mass is 32.2. The molecular weight excluding hydrogens is 336 g/mol. The summed E-state index contributed by atoms with van der Waals surface area (Å²) in [6.45, 7) is 6.34. The molecule has 0 saturated carbocycles. The number of para-hydroxylation sites is 2. The molecule has 2 nitrogen and oxygen atoms in total. The molecule has 4 rings (SSSR count). The van der Waals surface area contributed by atoms with Crippen molar-refractivity contribution in [3.63, 3.8) is 0 Å². The molecule has 0 aliphatic carbocycles. The number of pyridine rings is 1. The van der Waals surface area contributed by atoms with Gasteiger partial charge >= 0.3 is 0 Å². The van der Waals surface area contributed by atoms with E-state index >= 15 is 0 Å². The molecule has 0 amide bonds. The van der Waals surface area contributed by atoms with Crippen molar-refractivity contribution in [2.45, 2.75) is 25.3 Å². The lowest BCUT2D eigenvalue weighted by atomic mass is 10.2. The summed E-state index contributed by atoms with van der Waals surface area (Å²) < 4.78 is 2.36. The number of thioether (sulfide) groups is 1. The Kier molecular flexibility index (Phi) is 4.81. The second-order valence-electron chi connectivity index (χ2n) is 6.24. The van der Waals surface area contributed by atoms with Crippen LogP contribution in [0.5, 0.6) is 0 Å². The zero-order chi connectivity index (χ0) is 17.9. The maximum Gasteiger partial charge on any atom is 0.212 e. The molecular formula is C23H23N2S+. The van der Waals surface area contributed by atoms with Gasteiger partial charge in [-0.2, -0.15) is 4.57 Å². The van der Waals surface area contributed by atoms with Crippen molar-refractivity contribution >= 4 is 34.4 Å². The van der Waals surface area contributed by atoms with Gasteiger partial charge < -0.3 is 4.90 Å². The van der Waals surface area contributed by atoms with Crippen LogP contribution in [0.1, 0.15) is 19.5 Å². The van der Waals surface area contributed by atoms with E-state index in [0.717, 1.165) is 13.1 Å². The molecule has 0 saturated heterocycles. The summed E-state index contributed by atoms with van der Waals surface area (Å²) in [6, 6.07) is 21.6. The van der Waals surface area contributed by atoms with E-state index in [1.54, 1.807) is 0 Å². The summed E-state index contributed by atoms with van der Waals surface area (Å²) in [4.78, 5) is 3.71. The molecule has 0 spiro atoms. The van der Waals surface area contributed by atoms with Crippen molar-refractivity contribution in [3.05, 3.63) is 83.5 Å². The highest BCUT2D eigenvalue weighted by Gasteiger charge is 2.22. The van der Waals surface area contributed by atoms with E-state index < -0.39 is 0 Å². The van der Waals surface area contributed by atoms with Crippen molar-refractivity contribution in [2.75, 3.05) is 11.4 Å². The first kappa shape index (κ1) is 16.9. The van der Waals surface area contributed by atoms with Crippen LogP contribution in [-0.2, 0) is 6.54 Å². The predicted molar refractivity (Wildman–Crippen MR) is 112 cm³/mol. The number of aromatic nitrogens is 1. The second kappa shape index (κ2) is 7.38. The van der Waals surface area contributed by atoms with Crippen LogP contribution in [-0.4, -0.2) is 6.54 Å². The summed E-state index contributed by atoms with van der Waals surface area (Å²) in [5.74, 6) is 0. The number of allylic oxidation sites excluding steroid dienone is 2. The quantitative estimate of drug-likeness (QED) is 0.557. The SMILES string of the molecule is CCN1/C(=C/C=C/c2ccc3ccccc3[n+]2CC)Sc2ccccc21. The Morgan fingerprint density at radius 3 is 2.62 bits per heavy atom. The van der Waals surface area contributed by atoms with Crippen LogP contribution < -0.4 is 9.47 Å². The van der Waals surface area contributed by atoms with Gasteiger partial charge in [0.2, 0.25) is 11.2 Å². The van der Waals surface area contributed by atoms with Crippen molar-refractivity contribution in [1.82, 2.24) is 0 Å². The van der Waals surface area contributed by atoms with Crippen LogP contribution in [0.3, 0.4) is 0 Å².